The molecule has 8 nitrogen and oxygen atoms in total. The number of hydrogen-bond acceptors (Lipinski definition) is 6. The zero-order valence-electron chi connectivity index (χ0n) is 14.8. The summed E-state index contributed by atoms with van der Waals surface area (Å²) in [5.41, 5.74) is 0.964. The van der Waals surface area contributed by atoms with Crippen molar-refractivity contribution in [2.75, 3.05) is 57.3 Å². The van der Waals surface area contributed by atoms with Gasteiger partial charge in [0.25, 0.3) is 11.6 Å². The molecule has 1 aromatic rings. The Labute approximate surface area is 159 Å². The van der Waals surface area contributed by atoms with Gasteiger partial charge in [-0.15, -0.1) is 12.4 Å². The number of carbonyl (C=O) groups excluding carboxylic acids is 1. The molecule has 3 rings (SSSR count). The molecule has 2 aliphatic heterocycles. The van der Waals surface area contributed by atoms with Crippen LogP contribution >= 0.6 is 12.4 Å². The number of halogens is 1. The van der Waals surface area contributed by atoms with Crippen LogP contribution in [0.1, 0.15) is 23.2 Å². The molecule has 1 amide bonds. The van der Waals surface area contributed by atoms with Crippen LogP contribution in [0.25, 0.3) is 0 Å². The van der Waals surface area contributed by atoms with E-state index in [1.54, 1.807) is 12.1 Å². The molecule has 0 bridgehead atoms. The topological polar surface area (TPSA) is 90.8 Å². The second-order valence-corrected chi connectivity index (χ2v) is 6.50. The van der Waals surface area contributed by atoms with Gasteiger partial charge in [0.1, 0.15) is 5.69 Å². The molecule has 1 aromatic carbocycles. The summed E-state index contributed by atoms with van der Waals surface area (Å²) >= 11 is 0. The maximum absolute atomic E-state index is 12.3. The number of rotatable bonds is 6. The first kappa shape index (κ1) is 20.4. The summed E-state index contributed by atoms with van der Waals surface area (Å²) in [5.74, 6) is -0.258. The zero-order chi connectivity index (χ0) is 17.6. The van der Waals surface area contributed by atoms with Crippen molar-refractivity contribution in [2.24, 2.45) is 0 Å². The van der Waals surface area contributed by atoms with E-state index in [1.807, 2.05) is 4.90 Å². The largest absolute Gasteiger partial charge is 0.366 e. The van der Waals surface area contributed by atoms with E-state index in [0.717, 1.165) is 58.7 Å². The molecule has 144 valence electrons. The summed E-state index contributed by atoms with van der Waals surface area (Å²) in [4.78, 5) is 27.6. The average molecular weight is 384 g/mol. The van der Waals surface area contributed by atoms with Gasteiger partial charge in [0.2, 0.25) is 0 Å². The second kappa shape index (κ2) is 9.70. The molecule has 2 heterocycles. The molecule has 0 radical (unpaired) electrons. The third kappa shape index (κ3) is 5.06. The van der Waals surface area contributed by atoms with Crippen LogP contribution < -0.4 is 15.5 Å². The number of nitrogens with one attached hydrogen (secondary N) is 2. The summed E-state index contributed by atoms with van der Waals surface area (Å²) in [6.07, 6.45) is 2.09. The Kier molecular flexibility index (Phi) is 7.62. The summed E-state index contributed by atoms with van der Waals surface area (Å²) in [6, 6.07) is 4.78. The van der Waals surface area contributed by atoms with E-state index in [9.17, 15) is 14.9 Å². The van der Waals surface area contributed by atoms with Gasteiger partial charge in [-0.1, -0.05) is 0 Å². The van der Waals surface area contributed by atoms with Crippen LogP contribution in [0, 0.1) is 10.1 Å². The van der Waals surface area contributed by atoms with E-state index in [1.165, 1.54) is 6.07 Å². The van der Waals surface area contributed by atoms with E-state index in [0.29, 0.717) is 17.8 Å². The normalized spacial score (nSPS) is 17.6. The fourth-order valence-electron chi connectivity index (χ4n) is 3.40. The molecule has 2 aliphatic rings. The predicted molar refractivity (Wildman–Crippen MR) is 103 cm³/mol. The van der Waals surface area contributed by atoms with Crippen LogP contribution in [-0.4, -0.2) is 68.1 Å². The maximum atomic E-state index is 12.3. The Morgan fingerprint density at radius 1 is 1.19 bits per heavy atom. The van der Waals surface area contributed by atoms with Crippen LogP contribution in [0.4, 0.5) is 11.4 Å². The number of hydrogen-bond donors (Lipinski definition) is 2. The van der Waals surface area contributed by atoms with Crippen molar-refractivity contribution >= 4 is 29.7 Å². The van der Waals surface area contributed by atoms with Gasteiger partial charge in [0, 0.05) is 64.0 Å². The molecule has 0 saturated carbocycles. The van der Waals surface area contributed by atoms with Crippen molar-refractivity contribution in [3.8, 4) is 0 Å². The molecule has 0 unspecified atom stereocenters. The molecule has 26 heavy (non-hydrogen) atoms. The number of nitro groups is 1. The SMILES string of the molecule is Cl.O=C(NCCN1CCNCC1)c1ccc(N2CCCC2)c([N+](=O)[O-])c1. The van der Waals surface area contributed by atoms with Gasteiger partial charge in [-0.25, -0.2) is 0 Å². The average Bonchev–Trinajstić information content (AvgIpc) is 3.16. The number of piperazine rings is 1. The molecule has 2 N–H and O–H groups in total. The number of carbonyl (C=O) groups is 1. The van der Waals surface area contributed by atoms with E-state index in [2.05, 4.69) is 15.5 Å². The van der Waals surface area contributed by atoms with Crippen molar-refractivity contribution in [1.82, 2.24) is 15.5 Å². The first-order valence-corrected chi connectivity index (χ1v) is 8.90. The first-order valence-electron chi connectivity index (χ1n) is 8.90. The highest BCUT2D eigenvalue weighted by Crippen LogP contribution is 2.31. The minimum Gasteiger partial charge on any atom is -0.366 e. The van der Waals surface area contributed by atoms with Crippen molar-refractivity contribution in [3.05, 3.63) is 33.9 Å². The fraction of sp³-hybridized carbons (Fsp3) is 0.588. The Bertz CT molecular complexity index is 631. The highest BCUT2D eigenvalue weighted by molar-refractivity contribution is 5.95. The van der Waals surface area contributed by atoms with Crippen LogP contribution in [0.15, 0.2) is 18.2 Å². The van der Waals surface area contributed by atoms with Crippen LogP contribution in [0.2, 0.25) is 0 Å². The summed E-state index contributed by atoms with van der Waals surface area (Å²) in [7, 11) is 0. The van der Waals surface area contributed by atoms with E-state index in [-0.39, 0.29) is 24.0 Å². The Hall–Kier alpha value is -1.90. The summed E-state index contributed by atoms with van der Waals surface area (Å²) in [6.45, 7) is 6.89. The molecule has 2 fully saturated rings. The quantitative estimate of drug-likeness (QED) is 0.567. The number of amides is 1. The van der Waals surface area contributed by atoms with Gasteiger partial charge in [-0.3, -0.25) is 19.8 Å². The van der Waals surface area contributed by atoms with E-state index in [4.69, 9.17) is 0 Å². The molecule has 9 heteroatoms. The molecule has 0 spiro atoms. The fourth-order valence-corrected chi connectivity index (χ4v) is 3.40. The number of nitrogens with zero attached hydrogens (tertiary/aromatic N) is 3. The summed E-state index contributed by atoms with van der Waals surface area (Å²) < 4.78 is 0. The van der Waals surface area contributed by atoms with Crippen molar-refractivity contribution in [2.45, 2.75) is 12.8 Å². The monoisotopic (exact) mass is 383 g/mol. The van der Waals surface area contributed by atoms with Crippen LogP contribution in [-0.2, 0) is 0 Å². The van der Waals surface area contributed by atoms with Gasteiger partial charge in [-0.05, 0) is 25.0 Å². The van der Waals surface area contributed by atoms with E-state index >= 15 is 0 Å². The summed E-state index contributed by atoms with van der Waals surface area (Å²) in [5, 5.41) is 17.6. The lowest BCUT2D eigenvalue weighted by Crippen LogP contribution is -2.46. The molecular weight excluding hydrogens is 358 g/mol. The first-order chi connectivity index (χ1) is 12.1. The third-order valence-corrected chi connectivity index (χ3v) is 4.80. The van der Waals surface area contributed by atoms with Gasteiger partial charge in [0.15, 0.2) is 0 Å². The Balaban J connectivity index is 0.00000243. The molecule has 0 atom stereocenters. The molecule has 0 aliphatic carbocycles. The minimum atomic E-state index is -0.398. The van der Waals surface area contributed by atoms with Crippen LogP contribution in [0.3, 0.4) is 0 Å². The van der Waals surface area contributed by atoms with Gasteiger partial charge in [0.05, 0.1) is 4.92 Å². The third-order valence-electron chi connectivity index (χ3n) is 4.80. The van der Waals surface area contributed by atoms with Crippen molar-refractivity contribution in [1.29, 1.82) is 0 Å². The molecule has 2 saturated heterocycles. The second-order valence-electron chi connectivity index (χ2n) is 6.50. The minimum absolute atomic E-state index is 0. The zero-order valence-corrected chi connectivity index (χ0v) is 15.6. The number of nitro benzene ring substituents is 1. The van der Waals surface area contributed by atoms with Gasteiger partial charge >= 0.3 is 0 Å². The lowest BCUT2D eigenvalue weighted by molar-refractivity contribution is -0.384. The highest BCUT2D eigenvalue weighted by Gasteiger charge is 2.23. The van der Waals surface area contributed by atoms with Gasteiger partial charge < -0.3 is 15.5 Å². The van der Waals surface area contributed by atoms with Crippen LogP contribution in [0.5, 0.6) is 0 Å². The smallest absolute Gasteiger partial charge is 0.293 e. The predicted octanol–water partition coefficient (Wildman–Crippen LogP) is 1.25. The number of anilines is 1. The lowest BCUT2D eigenvalue weighted by atomic mass is 10.1. The van der Waals surface area contributed by atoms with Crippen molar-refractivity contribution < 1.29 is 9.72 Å². The van der Waals surface area contributed by atoms with Crippen molar-refractivity contribution in [3.63, 3.8) is 0 Å². The Morgan fingerprint density at radius 3 is 2.54 bits per heavy atom. The number of benzene rings is 1. The lowest BCUT2D eigenvalue weighted by Gasteiger charge is -2.27. The standard InChI is InChI=1S/C17H25N5O3.ClH/c23-17(19-7-12-20-10-5-18-6-11-20)14-3-4-15(16(13-14)22(24)25)21-8-1-2-9-21;/h3-4,13,18H,1-2,5-12H2,(H,19,23);1H. The van der Waals surface area contributed by atoms with E-state index < -0.39 is 4.92 Å². The maximum Gasteiger partial charge on any atom is 0.293 e. The Morgan fingerprint density at radius 2 is 1.88 bits per heavy atom. The van der Waals surface area contributed by atoms with Gasteiger partial charge in [-0.2, -0.15) is 0 Å². The highest BCUT2D eigenvalue weighted by atomic mass is 35.5. The molecule has 0 aromatic heterocycles. The molecular formula is C17H26ClN5O3.